The molecule has 1 aliphatic carbocycles. The van der Waals surface area contributed by atoms with E-state index in [4.69, 9.17) is 0 Å². The normalized spacial score (nSPS) is 17.3. The van der Waals surface area contributed by atoms with E-state index in [2.05, 4.69) is 121 Å². The standard InChI is InChI=1S/C19H27N.C15H18.C2H6/c1-6-19(5,14(2)3)17-11-10-15(4)13-16(17)18-9-7-8-12-20-18;1-5-9-12(3)14(6-2)15-11-8-7-10-13(15)4;1-2/h7-10,12-14,17H,6,11H2,1-5H3;5-11H,2H2,1,3-4H3;1-2H3/b;9-5-,14-12+;. The van der Waals surface area contributed by atoms with Gasteiger partial charge in [-0.3, -0.25) is 4.98 Å². The molecule has 1 heteroatoms. The molecule has 1 aromatic heterocycles. The van der Waals surface area contributed by atoms with Crippen molar-refractivity contribution in [3.8, 4) is 0 Å². The Morgan fingerprint density at radius 3 is 2.27 bits per heavy atom. The largest absolute Gasteiger partial charge is 0.257 e. The fraction of sp³-hybridized carbons (Fsp3) is 0.417. The number of nitrogens with zero attached hydrogens (tertiary/aromatic N) is 1. The van der Waals surface area contributed by atoms with Crippen molar-refractivity contribution in [3.05, 3.63) is 114 Å². The van der Waals surface area contributed by atoms with Gasteiger partial charge in [-0.05, 0) is 97.8 Å². The maximum atomic E-state index is 4.60. The van der Waals surface area contributed by atoms with E-state index in [0.29, 0.717) is 17.3 Å². The summed E-state index contributed by atoms with van der Waals surface area (Å²) in [5, 5.41) is 0. The zero-order valence-electron chi connectivity index (χ0n) is 25.2. The van der Waals surface area contributed by atoms with Crippen LogP contribution in [0.25, 0.3) is 11.1 Å². The Labute approximate surface area is 228 Å². The summed E-state index contributed by atoms with van der Waals surface area (Å²) < 4.78 is 0. The summed E-state index contributed by atoms with van der Waals surface area (Å²) >= 11 is 0. The van der Waals surface area contributed by atoms with Crippen molar-refractivity contribution in [2.75, 3.05) is 0 Å². The third-order valence-electron chi connectivity index (χ3n) is 7.75. The first-order chi connectivity index (χ1) is 17.7. The molecule has 0 spiro atoms. The Morgan fingerprint density at radius 1 is 1.11 bits per heavy atom. The molecule has 2 atom stereocenters. The molecule has 0 N–H and O–H groups in total. The highest BCUT2D eigenvalue weighted by Gasteiger charge is 2.38. The molecule has 3 rings (SSSR count). The molecule has 0 bridgehead atoms. The minimum atomic E-state index is 0.320. The van der Waals surface area contributed by atoms with Gasteiger partial charge in [-0.2, -0.15) is 0 Å². The molecule has 0 fully saturated rings. The van der Waals surface area contributed by atoms with Crippen molar-refractivity contribution in [1.29, 1.82) is 0 Å². The summed E-state index contributed by atoms with van der Waals surface area (Å²) in [6, 6.07) is 14.6. The van der Waals surface area contributed by atoms with Crippen molar-refractivity contribution in [2.45, 2.75) is 82.1 Å². The lowest BCUT2D eigenvalue weighted by Crippen LogP contribution is -2.34. The lowest BCUT2D eigenvalue weighted by atomic mass is 9.62. The Balaban J connectivity index is 0.000000360. The molecule has 200 valence electrons. The SMILES string of the molecule is C=C/C(=C(C)\C=C/C)c1ccccc1C.CC.CCC(C)(C(C)C)C1CC=C(C)C=C1c1ccccn1. The lowest BCUT2D eigenvalue weighted by Gasteiger charge is -2.43. The van der Waals surface area contributed by atoms with Crippen LogP contribution in [0, 0.1) is 24.2 Å². The molecule has 1 aliphatic rings. The maximum absolute atomic E-state index is 4.60. The number of rotatable bonds is 7. The van der Waals surface area contributed by atoms with Crippen molar-refractivity contribution < 1.29 is 0 Å². The van der Waals surface area contributed by atoms with Crippen molar-refractivity contribution in [2.24, 2.45) is 17.3 Å². The van der Waals surface area contributed by atoms with E-state index in [1.807, 2.05) is 39.1 Å². The van der Waals surface area contributed by atoms with Gasteiger partial charge < -0.3 is 0 Å². The van der Waals surface area contributed by atoms with Crippen molar-refractivity contribution in [1.82, 2.24) is 4.98 Å². The van der Waals surface area contributed by atoms with E-state index in [-0.39, 0.29) is 0 Å². The highest BCUT2D eigenvalue weighted by atomic mass is 14.7. The second-order valence-electron chi connectivity index (χ2n) is 10.2. The number of hydrogen-bond acceptors (Lipinski definition) is 1. The van der Waals surface area contributed by atoms with Crippen LogP contribution < -0.4 is 0 Å². The molecule has 0 amide bonds. The summed E-state index contributed by atoms with van der Waals surface area (Å²) in [7, 11) is 0. The molecule has 37 heavy (non-hydrogen) atoms. The van der Waals surface area contributed by atoms with E-state index in [9.17, 15) is 0 Å². The smallest absolute Gasteiger partial charge is 0.0664 e. The average Bonchev–Trinajstić information content (AvgIpc) is 2.91. The molecule has 2 unspecified atom stereocenters. The van der Waals surface area contributed by atoms with E-state index < -0.39 is 0 Å². The van der Waals surface area contributed by atoms with E-state index in [0.717, 1.165) is 12.1 Å². The molecule has 0 saturated heterocycles. The van der Waals surface area contributed by atoms with Gasteiger partial charge in [0.05, 0.1) is 5.69 Å². The number of pyridine rings is 1. The second kappa shape index (κ2) is 16.0. The van der Waals surface area contributed by atoms with Gasteiger partial charge in [-0.25, -0.2) is 0 Å². The fourth-order valence-electron chi connectivity index (χ4n) is 5.00. The molecule has 1 aromatic carbocycles. The van der Waals surface area contributed by atoms with Crippen LogP contribution in [-0.4, -0.2) is 4.98 Å². The minimum absolute atomic E-state index is 0.320. The van der Waals surface area contributed by atoms with Gasteiger partial charge in [0.25, 0.3) is 0 Å². The number of benzene rings is 1. The van der Waals surface area contributed by atoms with Gasteiger partial charge in [0.1, 0.15) is 0 Å². The molecule has 0 aliphatic heterocycles. The van der Waals surface area contributed by atoms with Crippen LogP contribution in [0.5, 0.6) is 0 Å². The predicted molar refractivity (Wildman–Crippen MR) is 167 cm³/mol. The van der Waals surface area contributed by atoms with Gasteiger partial charge in [0, 0.05) is 6.20 Å². The molecule has 1 heterocycles. The second-order valence-corrected chi connectivity index (χ2v) is 10.2. The summed E-state index contributed by atoms with van der Waals surface area (Å²) in [5.74, 6) is 1.22. The van der Waals surface area contributed by atoms with Crippen LogP contribution in [0.4, 0.5) is 0 Å². The van der Waals surface area contributed by atoms with E-state index >= 15 is 0 Å². The monoisotopic (exact) mass is 497 g/mol. The van der Waals surface area contributed by atoms with Crippen LogP contribution in [0.3, 0.4) is 0 Å². The fourth-order valence-corrected chi connectivity index (χ4v) is 5.00. The Bertz CT molecular complexity index is 1090. The highest BCUT2D eigenvalue weighted by Crippen LogP contribution is 2.48. The van der Waals surface area contributed by atoms with Gasteiger partial charge in [0.2, 0.25) is 0 Å². The highest BCUT2D eigenvalue weighted by molar-refractivity contribution is 5.79. The number of aromatic nitrogens is 1. The van der Waals surface area contributed by atoms with Gasteiger partial charge >= 0.3 is 0 Å². The summed E-state index contributed by atoms with van der Waals surface area (Å²) in [6.07, 6.45) is 15.1. The molecule has 2 aromatic rings. The van der Waals surface area contributed by atoms with Gasteiger partial charge in [-0.1, -0.05) is 114 Å². The molecule has 1 nitrogen and oxygen atoms in total. The van der Waals surface area contributed by atoms with Crippen LogP contribution in [0.2, 0.25) is 0 Å². The minimum Gasteiger partial charge on any atom is -0.257 e. The predicted octanol–water partition coefficient (Wildman–Crippen LogP) is 11.1. The van der Waals surface area contributed by atoms with Crippen LogP contribution >= 0.6 is 0 Å². The molecule has 0 radical (unpaired) electrons. The lowest BCUT2D eigenvalue weighted by molar-refractivity contribution is 0.144. The zero-order chi connectivity index (χ0) is 28.0. The first-order valence-electron chi connectivity index (χ1n) is 14.0. The first kappa shape index (κ1) is 32.1. The van der Waals surface area contributed by atoms with Gasteiger partial charge in [0.15, 0.2) is 0 Å². The van der Waals surface area contributed by atoms with Crippen molar-refractivity contribution >= 4 is 11.1 Å². The summed E-state index contributed by atoms with van der Waals surface area (Å²) in [4.78, 5) is 4.60. The number of aryl methyl sites for hydroxylation is 1. The van der Waals surface area contributed by atoms with Gasteiger partial charge in [-0.15, -0.1) is 0 Å². The Hall–Kier alpha value is -2.93. The summed E-state index contributed by atoms with van der Waals surface area (Å²) in [6.45, 7) is 25.8. The number of allylic oxidation sites excluding steroid dienone is 9. The third kappa shape index (κ3) is 8.56. The third-order valence-corrected chi connectivity index (χ3v) is 7.75. The topological polar surface area (TPSA) is 12.9 Å². The Morgan fingerprint density at radius 2 is 1.76 bits per heavy atom. The summed E-state index contributed by atoms with van der Waals surface area (Å²) in [5.41, 5.74) is 9.27. The first-order valence-corrected chi connectivity index (χ1v) is 14.0. The van der Waals surface area contributed by atoms with Crippen molar-refractivity contribution in [3.63, 3.8) is 0 Å². The zero-order valence-corrected chi connectivity index (χ0v) is 25.2. The van der Waals surface area contributed by atoms with Crippen LogP contribution in [-0.2, 0) is 0 Å². The average molecular weight is 498 g/mol. The van der Waals surface area contributed by atoms with Crippen LogP contribution in [0.1, 0.15) is 92.0 Å². The molecular weight excluding hydrogens is 446 g/mol. The van der Waals surface area contributed by atoms with Crippen LogP contribution in [0.15, 0.2) is 96.8 Å². The molecular formula is C36H51N. The maximum Gasteiger partial charge on any atom is 0.0664 e. The molecule has 0 saturated carbocycles. The van der Waals surface area contributed by atoms with E-state index in [1.165, 1.54) is 39.8 Å². The van der Waals surface area contributed by atoms with E-state index in [1.54, 1.807) is 0 Å². The Kier molecular flexibility index (Phi) is 13.9. The quantitative estimate of drug-likeness (QED) is 0.347. The number of hydrogen-bond donors (Lipinski definition) is 0.